The first-order chi connectivity index (χ1) is 9.71. The molecule has 20 heavy (non-hydrogen) atoms. The summed E-state index contributed by atoms with van der Waals surface area (Å²) in [6.07, 6.45) is 9.30. The first-order valence-corrected chi connectivity index (χ1v) is 8.08. The van der Waals surface area contributed by atoms with Crippen LogP contribution in [0.3, 0.4) is 0 Å². The molecule has 1 aromatic rings. The number of hydrogen-bond donors (Lipinski definition) is 1. The van der Waals surface area contributed by atoms with Crippen molar-refractivity contribution in [2.75, 3.05) is 13.2 Å². The SMILES string of the molecule is CC1CCCC(CO)(CN(Cc2ccco2)C2CC2)C1. The minimum absolute atomic E-state index is 0.118. The van der Waals surface area contributed by atoms with Gasteiger partial charge in [0.15, 0.2) is 0 Å². The van der Waals surface area contributed by atoms with Crippen LogP contribution in [0.15, 0.2) is 22.8 Å². The molecule has 2 fully saturated rings. The lowest BCUT2D eigenvalue weighted by atomic mass is 9.70. The topological polar surface area (TPSA) is 36.6 Å². The molecule has 0 aromatic carbocycles. The van der Waals surface area contributed by atoms with Crippen LogP contribution in [-0.4, -0.2) is 29.2 Å². The fourth-order valence-electron chi connectivity index (χ4n) is 3.89. The van der Waals surface area contributed by atoms with Gasteiger partial charge in [-0.3, -0.25) is 4.90 Å². The van der Waals surface area contributed by atoms with Gasteiger partial charge in [-0.1, -0.05) is 19.8 Å². The Balaban J connectivity index is 1.68. The Morgan fingerprint density at radius 2 is 2.25 bits per heavy atom. The highest BCUT2D eigenvalue weighted by atomic mass is 16.3. The molecule has 0 amide bonds. The van der Waals surface area contributed by atoms with Crippen molar-refractivity contribution in [3.63, 3.8) is 0 Å². The van der Waals surface area contributed by atoms with Gasteiger partial charge in [-0.15, -0.1) is 0 Å². The van der Waals surface area contributed by atoms with Crippen molar-refractivity contribution in [1.82, 2.24) is 4.90 Å². The van der Waals surface area contributed by atoms with Gasteiger partial charge in [0.25, 0.3) is 0 Å². The molecule has 0 aliphatic heterocycles. The lowest BCUT2D eigenvalue weighted by molar-refractivity contribution is 0.0170. The maximum Gasteiger partial charge on any atom is 0.117 e. The maximum absolute atomic E-state index is 9.99. The van der Waals surface area contributed by atoms with E-state index >= 15 is 0 Å². The van der Waals surface area contributed by atoms with Crippen LogP contribution in [0.1, 0.15) is 51.2 Å². The van der Waals surface area contributed by atoms with Gasteiger partial charge in [0, 0.05) is 24.6 Å². The van der Waals surface area contributed by atoms with E-state index in [4.69, 9.17) is 4.42 Å². The molecule has 112 valence electrons. The molecule has 0 bridgehead atoms. The van der Waals surface area contributed by atoms with Crippen LogP contribution >= 0.6 is 0 Å². The van der Waals surface area contributed by atoms with Crippen LogP contribution in [0.25, 0.3) is 0 Å². The van der Waals surface area contributed by atoms with Crippen molar-refractivity contribution >= 4 is 0 Å². The third-order valence-electron chi connectivity index (χ3n) is 5.06. The Morgan fingerprint density at radius 1 is 1.40 bits per heavy atom. The number of furan rings is 1. The Bertz CT molecular complexity index is 413. The fraction of sp³-hybridized carbons (Fsp3) is 0.765. The van der Waals surface area contributed by atoms with Gasteiger partial charge in [0.05, 0.1) is 12.8 Å². The van der Waals surface area contributed by atoms with Crippen molar-refractivity contribution in [2.45, 2.75) is 58.0 Å². The van der Waals surface area contributed by atoms with Gasteiger partial charge < -0.3 is 9.52 Å². The Hall–Kier alpha value is -0.800. The predicted octanol–water partition coefficient (Wildman–Crippen LogP) is 3.43. The zero-order valence-corrected chi connectivity index (χ0v) is 12.6. The van der Waals surface area contributed by atoms with Gasteiger partial charge in [-0.2, -0.15) is 0 Å². The summed E-state index contributed by atoms with van der Waals surface area (Å²) in [6, 6.07) is 4.73. The highest BCUT2D eigenvalue weighted by Crippen LogP contribution is 2.42. The zero-order chi connectivity index (χ0) is 14.0. The zero-order valence-electron chi connectivity index (χ0n) is 12.6. The number of aliphatic hydroxyl groups is 1. The number of rotatable bonds is 6. The fourth-order valence-corrected chi connectivity index (χ4v) is 3.89. The molecule has 0 spiro atoms. The van der Waals surface area contributed by atoms with E-state index in [2.05, 4.69) is 17.9 Å². The monoisotopic (exact) mass is 277 g/mol. The van der Waals surface area contributed by atoms with Gasteiger partial charge >= 0.3 is 0 Å². The van der Waals surface area contributed by atoms with Gasteiger partial charge in [-0.05, 0) is 43.7 Å². The quantitative estimate of drug-likeness (QED) is 0.865. The Labute approximate surface area is 122 Å². The molecular formula is C17H27NO2. The van der Waals surface area contributed by atoms with Gasteiger partial charge in [0.2, 0.25) is 0 Å². The summed E-state index contributed by atoms with van der Waals surface area (Å²) < 4.78 is 5.51. The number of aliphatic hydroxyl groups excluding tert-OH is 1. The molecule has 2 aliphatic rings. The first kappa shape index (κ1) is 14.2. The maximum atomic E-state index is 9.99. The molecule has 0 saturated heterocycles. The highest BCUT2D eigenvalue weighted by Gasteiger charge is 2.40. The Morgan fingerprint density at radius 3 is 2.85 bits per heavy atom. The molecular weight excluding hydrogens is 250 g/mol. The lowest BCUT2D eigenvalue weighted by Crippen LogP contribution is -2.43. The molecule has 3 rings (SSSR count). The summed E-state index contributed by atoms with van der Waals surface area (Å²) in [5.74, 6) is 1.80. The van der Waals surface area contributed by atoms with Crippen LogP contribution in [0.4, 0.5) is 0 Å². The predicted molar refractivity (Wildman–Crippen MR) is 79.3 cm³/mol. The molecule has 2 atom stereocenters. The summed E-state index contributed by atoms with van der Waals surface area (Å²) in [7, 11) is 0. The van der Waals surface area contributed by atoms with Crippen molar-refractivity contribution in [3.05, 3.63) is 24.2 Å². The van der Waals surface area contributed by atoms with Crippen LogP contribution < -0.4 is 0 Å². The summed E-state index contributed by atoms with van der Waals surface area (Å²) in [5, 5.41) is 9.99. The third-order valence-corrected chi connectivity index (χ3v) is 5.06. The average molecular weight is 277 g/mol. The van der Waals surface area contributed by atoms with E-state index in [-0.39, 0.29) is 5.41 Å². The molecule has 2 aliphatic carbocycles. The third kappa shape index (κ3) is 3.26. The van der Waals surface area contributed by atoms with Crippen molar-refractivity contribution in [1.29, 1.82) is 0 Å². The largest absolute Gasteiger partial charge is 0.468 e. The van der Waals surface area contributed by atoms with E-state index in [1.54, 1.807) is 6.26 Å². The van der Waals surface area contributed by atoms with Crippen LogP contribution in [0, 0.1) is 11.3 Å². The van der Waals surface area contributed by atoms with E-state index in [0.29, 0.717) is 12.6 Å². The average Bonchev–Trinajstić information content (AvgIpc) is 3.17. The molecule has 3 nitrogen and oxygen atoms in total. The normalized spacial score (nSPS) is 30.9. The minimum Gasteiger partial charge on any atom is -0.468 e. The van der Waals surface area contributed by atoms with Crippen molar-refractivity contribution in [3.8, 4) is 0 Å². The first-order valence-electron chi connectivity index (χ1n) is 8.08. The van der Waals surface area contributed by atoms with Crippen LogP contribution in [-0.2, 0) is 6.54 Å². The molecule has 0 radical (unpaired) electrons. The van der Waals surface area contributed by atoms with Crippen LogP contribution in [0.2, 0.25) is 0 Å². The minimum atomic E-state index is 0.118. The van der Waals surface area contributed by atoms with Crippen molar-refractivity contribution in [2.24, 2.45) is 11.3 Å². The summed E-state index contributed by atoms with van der Waals surface area (Å²) in [4.78, 5) is 2.55. The molecule has 2 unspecified atom stereocenters. The number of hydrogen-bond acceptors (Lipinski definition) is 3. The second-order valence-corrected chi connectivity index (χ2v) is 7.08. The van der Waals surface area contributed by atoms with E-state index < -0.39 is 0 Å². The van der Waals surface area contributed by atoms with E-state index in [1.165, 1.54) is 38.5 Å². The summed E-state index contributed by atoms with van der Waals surface area (Å²) >= 11 is 0. The van der Waals surface area contributed by atoms with Crippen molar-refractivity contribution < 1.29 is 9.52 Å². The van der Waals surface area contributed by atoms with Gasteiger partial charge in [0.1, 0.15) is 5.76 Å². The number of nitrogens with zero attached hydrogens (tertiary/aromatic N) is 1. The molecule has 1 heterocycles. The highest BCUT2D eigenvalue weighted by molar-refractivity contribution is 5.01. The van der Waals surface area contributed by atoms with Gasteiger partial charge in [-0.25, -0.2) is 0 Å². The smallest absolute Gasteiger partial charge is 0.117 e. The second-order valence-electron chi connectivity index (χ2n) is 7.08. The molecule has 1 aromatic heterocycles. The molecule has 3 heteroatoms. The molecule has 1 N–H and O–H groups in total. The standard InChI is InChI=1S/C17H27NO2/c1-14-4-2-8-17(10-14,13-19)12-18(15-6-7-15)11-16-5-3-9-20-16/h3,5,9,14-15,19H,2,4,6-8,10-13H2,1H3. The summed E-state index contributed by atoms with van der Waals surface area (Å²) in [5.41, 5.74) is 0.118. The molecule has 2 saturated carbocycles. The second kappa shape index (κ2) is 5.90. The van der Waals surface area contributed by atoms with E-state index in [0.717, 1.165) is 24.8 Å². The Kier molecular flexibility index (Phi) is 4.18. The van der Waals surface area contributed by atoms with E-state index in [9.17, 15) is 5.11 Å². The van der Waals surface area contributed by atoms with Crippen LogP contribution in [0.5, 0.6) is 0 Å². The van der Waals surface area contributed by atoms with E-state index in [1.807, 2.05) is 6.07 Å². The lowest BCUT2D eigenvalue weighted by Gasteiger charge is -2.42. The summed E-state index contributed by atoms with van der Waals surface area (Å²) in [6.45, 7) is 4.59.